The highest BCUT2D eigenvalue weighted by Gasteiger charge is 2.13. The summed E-state index contributed by atoms with van der Waals surface area (Å²) in [5.74, 6) is 0.349. The van der Waals surface area contributed by atoms with Gasteiger partial charge in [0.05, 0.1) is 0 Å². The Bertz CT molecular complexity index is 927. The zero-order valence-corrected chi connectivity index (χ0v) is 15.6. The molecule has 0 aliphatic heterocycles. The van der Waals surface area contributed by atoms with Crippen LogP contribution in [0.3, 0.4) is 0 Å². The van der Waals surface area contributed by atoms with Crippen LogP contribution in [0.15, 0.2) is 54.0 Å². The number of hydrogen-bond acceptors (Lipinski definition) is 6. The summed E-state index contributed by atoms with van der Waals surface area (Å²) in [6.07, 6.45) is 1.68. The maximum Gasteiger partial charge on any atom is 0.321 e. The number of carbonyl (C=O) groups excluding carboxylic acids is 2. The zero-order chi connectivity index (χ0) is 19.2. The summed E-state index contributed by atoms with van der Waals surface area (Å²) in [7, 11) is 3.23. The van der Waals surface area contributed by atoms with Crippen LogP contribution in [0.4, 0.5) is 27.1 Å². The number of nitrogens with zero attached hydrogens (tertiary/aromatic N) is 3. The van der Waals surface area contributed by atoms with Gasteiger partial charge in [-0.15, -0.1) is 11.3 Å². The number of urea groups is 1. The van der Waals surface area contributed by atoms with E-state index in [0.717, 1.165) is 0 Å². The first-order valence-corrected chi connectivity index (χ1v) is 8.95. The molecule has 9 heteroatoms. The minimum Gasteiger partial charge on any atom is -0.341 e. The van der Waals surface area contributed by atoms with Crippen LogP contribution in [-0.2, 0) is 0 Å². The van der Waals surface area contributed by atoms with E-state index in [2.05, 4.69) is 25.9 Å². The van der Waals surface area contributed by atoms with E-state index in [-0.39, 0.29) is 11.9 Å². The molecule has 3 aromatic rings. The van der Waals surface area contributed by atoms with Crippen LogP contribution in [0, 0.1) is 0 Å². The third-order valence-electron chi connectivity index (χ3n) is 3.67. The molecular formula is C18H18N6O2S. The van der Waals surface area contributed by atoms with Crippen LogP contribution in [0.2, 0.25) is 0 Å². The molecule has 138 valence electrons. The minimum atomic E-state index is -0.312. The first-order valence-electron chi connectivity index (χ1n) is 8.07. The highest BCUT2D eigenvalue weighted by atomic mass is 32.1. The van der Waals surface area contributed by atoms with Gasteiger partial charge in [-0.1, -0.05) is 6.07 Å². The van der Waals surface area contributed by atoms with Gasteiger partial charge in [-0.3, -0.25) is 9.69 Å². The number of aromatic nitrogens is 2. The number of carbonyl (C=O) groups is 2. The number of thiazole rings is 1. The van der Waals surface area contributed by atoms with Crippen LogP contribution < -0.4 is 20.9 Å². The van der Waals surface area contributed by atoms with E-state index in [4.69, 9.17) is 0 Å². The number of amides is 3. The monoisotopic (exact) mass is 382 g/mol. The van der Waals surface area contributed by atoms with E-state index >= 15 is 0 Å². The summed E-state index contributed by atoms with van der Waals surface area (Å²) >= 11 is 1.32. The maximum atomic E-state index is 12.4. The second kappa shape index (κ2) is 8.28. The second-order valence-corrected chi connectivity index (χ2v) is 6.35. The third-order valence-corrected chi connectivity index (χ3v) is 4.43. The summed E-state index contributed by atoms with van der Waals surface area (Å²) in [6, 6.07) is 12.2. The largest absolute Gasteiger partial charge is 0.341 e. The smallest absolute Gasteiger partial charge is 0.321 e. The van der Waals surface area contributed by atoms with Crippen molar-refractivity contribution in [3.8, 4) is 0 Å². The van der Waals surface area contributed by atoms with Crippen molar-refractivity contribution in [3.05, 3.63) is 59.7 Å². The first kappa shape index (κ1) is 18.3. The Morgan fingerprint density at radius 1 is 1.11 bits per heavy atom. The topological polar surface area (TPSA) is 99.2 Å². The fourth-order valence-corrected chi connectivity index (χ4v) is 2.93. The van der Waals surface area contributed by atoms with Gasteiger partial charge in [0, 0.05) is 37.0 Å². The van der Waals surface area contributed by atoms with E-state index in [1.165, 1.54) is 16.2 Å². The van der Waals surface area contributed by atoms with E-state index < -0.39 is 0 Å². The van der Waals surface area contributed by atoms with Crippen molar-refractivity contribution >= 4 is 45.6 Å². The lowest BCUT2D eigenvalue weighted by Gasteiger charge is -2.16. The van der Waals surface area contributed by atoms with Gasteiger partial charge in [-0.05, 0) is 36.4 Å². The molecule has 3 N–H and O–H groups in total. The van der Waals surface area contributed by atoms with Gasteiger partial charge in [-0.2, -0.15) is 0 Å². The molecule has 0 saturated heterocycles. The fraction of sp³-hybridized carbons (Fsp3) is 0.111. The highest BCUT2D eigenvalue weighted by Crippen LogP contribution is 2.21. The molecule has 0 aliphatic rings. The van der Waals surface area contributed by atoms with Crippen molar-refractivity contribution in [1.82, 2.24) is 15.3 Å². The SMILES string of the molecule is CNC(=O)N(C)c1ccc(NC(=O)c2csc(Nc3ccccn3)n2)cc1. The minimum absolute atomic E-state index is 0.220. The Hall–Kier alpha value is -3.46. The molecule has 27 heavy (non-hydrogen) atoms. The molecule has 0 bridgehead atoms. The normalized spacial score (nSPS) is 10.1. The summed E-state index contributed by atoms with van der Waals surface area (Å²) in [6.45, 7) is 0. The summed E-state index contributed by atoms with van der Waals surface area (Å²) < 4.78 is 0. The Morgan fingerprint density at radius 3 is 2.56 bits per heavy atom. The molecule has 3 amide bonds. The predicted octanol–water partition coefficient (Wildman–Crippen LogP) is 3.31. The van der Waals surface area contributed by atoms with E-state index in [0.29, 0.717) is 28.0 Å². The third kappa shape index (κ3) is 4.59. The quantitative estimate of drug-likeness (QED) is 0.629. The maximum absolute atomic E-state index is 12.4. The molecule has 3 rings (SSSR count). The number of anilines is 4. The molecular weight excluding hydrogens is 364 g/mol. The average molecular weight is 382 g/mol. The Kier molecular flexibility index (Phi) is 5.62. The molecule has 0 aliphatic carbocycles. The molecule has 0 fully saturated rings. The van der Waals surface area contributed by atoms with E-state index in [9.17, 15) is 9.59 Å². The molecule has 0 radical (unpaired) electrons. The molecule has 0 atom stereocenters. The van der Waals surface area contributed by atoms with Crippen LogP contribution in [-0.4, -0.2) is 36.0 Å². The number of pyridine rings is 1. The van der Waals surface area contributed by atoms with Gasteiger partial charge >= 0.3 is 6.03 Å². The number of nitrogens with one attached hydrogen (secondary N) is 3. The van der Waals surface area contributed by atoms with Crippen molar-refractivity contribution in [2.75, 3.05) is 29.6 Å². The van der Waals surface area contributed by atoms with Gasteiger partial charge in [0.1, 0.15) is 11.5 Å². The lowest BCUT2D eigenvalue weighted by molar-refractivity contribution is 0.102. The van der Waals surface area contributed by atoms with Crippen molar-refractivity contribution in [3.63, 3.8) is 0 Å². The molecule has 2 aromatic heterocycles. The number of benzene rings is 1. The molecule has 0 spiro atoms. The van der Waals surface area contributed by atoms with Gasteiger partial charge < -0.3 is 16.0 Å². The zero-order valence-electron chi connectivity index (χ0n) is 14.8. The molecule has 8 nitrogen and oxygen atoms in total. The lowest BCUT2D eigenvalue weighted by Crippen LogP contribution is -2.34. The van der Waals surface area contributed by atoms with E-state index in [1.54, 1.807) is 49.9 Å². The Labute approximate surface area is 160 Å². The van der Waals surface area contributed by atoms with Gasteiger partial charge in [0.2, 0.25) is 0 Å². The molecule has 1 aromatic carbocycles. The van der Waals surface area contributed by atoms with Crippen LogP contribution in [0.25, 0.3) is 0 Å². The Morgan fingerprint density at radius 2 is 1.89 bits per heavy atom. The van der Waals surface area contributed by atoms with Crippen LogP contribution >= 0.6 is 11.3 Å². The number of hydrogen-bond donors (Lipinski definition) is 3. The predicted molar refractivity (Wildman–Crippen MR) is 107 cm³/mol. The second-order valence-electron chi connectivity index (χ2n) is 5.49. The summed E-state index contributed by atoms with van der Waals surface area (Å²) in [5, 5.41) is 10.6. The number of rotatable bonds is 5. The summed E-state index contributed by atoms with van der Waals surface area (Å²) in [5.41, 5.74) is 1.63. The van der Waals surface area contributed by atoms with Crippen molar-refractivity contribution < 1.29 is 9.59 Å². The molecule has 2 heterocycles. The van der Waals surface area contributed by atoms with Crippen LogP contribution in [0.1, 0.15) is 10.5 Å². The summed E-state index contributed by atoms with van der Waals surface area (Å²) in [4.78, 5) is 33.9. The lowest BCUT2D eigenvalue weighted by atomic mass is 10.2. The van der Waals surface area contributed by atoms with Crippen molar-refractivity contribution in [1.29, 1.82) is 0 Å². The van der Waals surface area contributed by atoms with Crippen molar-refractivity contribution in [2.24, 2.45) is 0 Å². The van der Waals surface area contributed by atoms with Gasteiger partial charge in [-0.25, -0.2) is 14.8 Å². The van der Waals surface area contributed by atoms with Gasteiger partial charge in [0.25, 0.3) is 5.91 Å². The van der Waals surface area contributed by atoms with Crippen LogP contribution in [0.5, 0.6) is 0 Å². The van der Waals surface area contributed by atoms with Gasteiger partial charge in [0.15, 0.2) is 5.13 Å². The fourth-order valence-electron chi connectivity index (χ4n) is 2.23. The van der Waals surface area contributed by atoms with Crippen molar-refractivity contribution in [2.45, 2.75) is 0 Å². The molecule has 0 unspecified atom stereocenters. The molecule has 0 saturated carbocycles. The highest BCUT2D eigenvalue weighted by molar-refractivity contribution is 7.14. The average Bonchev–Trinajstić information content (AvgIpc) is 3.17. The van der Waals surface area contributed by atoms with E-state index in [1.807, 2.05) is 18.2 Å². The first-order chi connectivity index (χ1) is 13.1. The standard InChI is InChI=1S/C18H18N6O2S/c1-19-18(26)24(2)13-8-6-12(7-9-13)21-16(25)14-11-27-17(22-14)23-15-5-3-4-10-20-15/h3-11H,1-2H3,(H,19,26)(H,21,25)(H,20,22,23). The Balaban J connectivity index is 1.63.